The summed E-state index contributed by atoms with van der Waals surface area (Å²) >= 11 is 6.05. The van der Waals surface area contributed by atoms with E-state index >= 15 is 0 Å². The maximum atomic E-state index is 12.4. The highest BCUT2D eigenvalue weighted by Gasteiger charge is 2.13. The van der Waals surface area contributed by atoms with Crippen LogP contribution in [-0.4, -0.2) is 28.0 Å². The lowest BCUT2D eigenvalue weighted by Crippen LogP contribution is -2.30. The minimum Gasteiger partial charge on any atom is -0.495 e. The minimum atomic E-state index is -0.424. The summed E-state index contributed by atoms with van der Waals surface area (Å²) in [5.41, 5.74) is 1.37. The normalized spacial score (nSPS) is 10.7. The van der Waals surface area contributed by atoms with Gasteiger partial charge in [-0.1, -0.05) is 28.9 Å². The maximum Gasteiger partial charge on any atom is 0.278 e. The molecule has 1 N–H and O–H groups in total. The van der Waals surface area contributed by atoms with Crippen molar-refractivity contribution in [2.45, 2.75) is 13.5 Å². The Balaban J connectivity index is 1.85. The molecule has 0 saturated carbocycles. The molecule has 0 saturated heterocycles. The van der Waals surface area contributed by atoms with Crippen molar-refractivity contribution in [3.8, 4) is 5.75 Å². The van der Waals surface area contributed by atoms with Gasteiger partial charge in [0.2, 0.25) is 5.91 Å². The molecule has 0 spiro atoms. The minimum absolute atomic E-state index is 0.262. The number of aromatic nitrogens is 3. The Labute approximate surface area is 148 Å². The van der Waals surface area contributed by atoms with Gasteiger partial charge in [-0.15, -0.1) is 5.10 Å². The number of methoxy groups -OCH3 is 1. The third-order valence-corrected chi connectivity index (χ3v) is 4.08. The second-order valence-corrected chi connectivity index (χ2v) is 5.83. The summed E-state index contributed by atoms with van der Waals surface area (Å²) in [6, 6.07) is 10.2. The number of hydrogen-bond acceptors (Lipinski definition) is 5. The Kier molecular flexibility index (Phi) is 4.67. The molecule has 2 aromatic carbocycles. The first-order valence-corrected chi connectivity index (χ1v) is 7.84. The fourth-order valence-electron chi connectivity index (χ4n) is 2.38. The van der Waals surface area contributed by atoms with Crippen LogP contribution in [0.25, 0.3) is 10.9 Å². The number of amides is 1. The molecule has 3 aromatic rings. The van der Waals surface area contributed by atoms with Crippen LogP contribution in [0.5, 0.6) is 5.75 Å². The molecule has 3 rings (SSSR count). The van der Waals surface area contributed by atoms with Crippen LogP contribution in [0.2, 0.25) is 5.02 Å². The molecule has 0 unspecified atom stereocenters. The quantitative estimate of drug-likeness (QED) is 0.774. The van der Waals surface area contributed by atoms with Crippen LogP contribution in [0.15, 0.2) is 41.2 Å². The molecule has 1 aromatic heterocycles. The Bertz CT molecular complexity index is 1020. The Morgan fingerprint density at radius 3 is 2.84 bits per heavy atom. The molecule has 0 atom stereocenters. The van der Waals surface area contributed by atoms with Crippen LogP contribution in [-0.2, 0) is 11.3 Å². The number of carbonyl (C=O) groups is 1. The third-order valence-electron chi connectivity index (χ3n) is 3.68. The number of halogens is 1. The third kappa shape index (κ3) is 3.46. The number of ether oxygens (including phenoxy) is 1. The van der Waals surface area contributed by atoms with Crippen molar-refractivity contribution in [1.82, 2.24) is 15.0 Å². The van der Waals surface area contributed by atoms with Gasteiger partial charge in [-0.25, -0.2) is 4.68 Å². The summed E-state index contributed by atoms with van der Waals surface area (Å²) in [7, 11) is 1.48. The topological polar surface area (TPSA) is 86.1 Å². The van der Waals surface area contributed by atoms with Crippen LogP contribution in [0.4, 0.5) is 5.69 Å². The van der Waals surface area contributed by atoms with E-state index in [0.717, 1.165) is 10.2 Å². The van der Waals surface area contributed by atoms with Gasteiger partial charge in [-0.3, -0.25) is 9.59 Å². The van der Waals surface area contributed by atoms with Crippen LogP contribution < -0.4 is 15.6 Å². The highest BCUT2D eigenvalue weighted by molar-refractivity contribution is 6.31. The number of rotatable bonds is 4. The molecule has 1 amide bonds. The molecule has 0 bridgehead atoms. The van der Waals surface area contributed by atoms with E-state index in [1.165, 1.54) is 7.11 Å². The van der Waals surface area contributed by atoms with Crippen molar-refractivity contribution in [1.29, 1.82) is 0 Å². The van der Waals surface area contributed by atoms with E-state index in [4.69, 9.17) is 16.3 Å². The van der Waals surface area contributed by atoms with E-state index in [0.29, 0.717) is 27.4 Å². The Morgan fingerprint density at radius 2 is 2.08 bits per heavy atom. The lowest BCUT2D eigenvalue weighted by atomic mass is 10.2. The summed E-state index contributed by atoms with van der Waals surface area (Å²) in [5.74, 6) is 0.00703. The SMILES string of the molecule is COc1cc(Cl)c(C)cc1NC(=O)Cn1nnc2ccccc2c1=O. The number of hydrogen-bond donors (Lipinski definition) is 1. The van der Waals surface area contributed by atoms with Crippen LogP contribution in [0, 0.1) is 6.92 Å². The summed E-state index contributed by atoms with van der Waals surface area (Å²) in [5, 5.41) is 11.4. The average molecular weight is 359 g/mol. The lowest BCUT2D eigenvalue weighted by molar-refractivity contribution is -0.117. The van der Waals surface area contributed by atoms with Crippen LogP contribution in [0.1, 0.15) is 5.56 Å². The van der Waals surface area contributed by atoms with Crippen molar-refractivity contribution in [2.24, 2.45) is 0 Å². The van der Waals surface area contributed by atoms with Crippen molar-refractivity contribution in [2.75, 3.05) is 12.4 Å². The Hall–Kier alpha value is -2.93. The monoisotopic (exact) mass is 358 g/mol. The smallest absolute Gasteiger partial charge is 0.278 e. The van der Waals surface area contributed by atoms with Crippen LogP contribution in [0.3, 0.4) is 0 Å². The van der Waals surface area contributed by atoms with E-state index in [1.54, 1.807) is 36.4 Å². The van der Waals surface area contributed by atoms with Gasteiger partial charge in [0.05, 0.1) is 18.2 Å². The molecule has 128 valence electrons. The molecule has 25 heavy (non-hydrogen) atoms. The standard InChI is InChI=1S/C17H15ClN4O3/c1-10-7-14(15(25-2)8-12(10)18)19-16(23)9-22-17(24)11-5-3-4-6-13(11)20-21-22/h3-8H,9H2,1-2H3,(H,19,23). The fourth-order valence-corrected chi connectivity index (χ4v) is 2.54. The lowest BCUT2D eigenvalue weighted by Gasteiger charge is -2.12. The zero-order valence-electron chi connectivity index (χ0n) is 13.6. The van der Waals surface area contributed by atoms with Gasteiger partial charge < -0.3 is 10.1 Å². The van der Waals surface area contributed by atoms with E-state index in [1.807, 2.05) is 6.92 Å². The van der Waals surface area contributed by atoms with Crippen LogP contribution >= 0.6 is 11.6 Å². The number of nitrogens with one attached hydrogen (secondary N) is 1. The maximum absolute atomic E-state index is 12.4. The summed E-state index contributed by atoms with van der Waals surface area (Å²) in [6.45, 7) is 1.55. The number of carbonyl (C=O) groups excluding carboxylic acids is 1. The number of aryl methyl sites for hydroxylation is 1. The van der Waals surface area contributed by atoms with Gasteiger partial charge in [-0.2, -0.15) is 0 Å². The van der Waals surface area contributed by atoms with Crippen molar-refractivity contribution in [3.63, 3.8) is 0 Å². The molecule has 0 aliphatic rings. The number of benzene rings is 2. The number of fused-ring (bicyclic) bond motifs is 1. The number of nitrogens with zero attached hydrogens (tertiary/aromatic N) is 3. The van der Waals surface area contributed by atoms with E-state index in [-0.39, 0.29) is 12.1 Å². The summed E-state index contributed by atoms with van der Waals surface area (Å²) in [4.78, 5) is 24.7. The van der Waals surface area contributed by atoms with Gasteiger partial charge >= 0.3 is 0 Å². The van der Waals surface area contributed by atoms with Crippen molar-refractivity contribution in [3.05, 3.63) is 57.3 Å². The molecular weight excluding hydrogens is 344 g/mol. The Morgan fingerprint density at radius 1 is 1.32 bits per heavy atom. The van der Waals surface area contributed by atoms with E-state index in [9.17, 15) is 9.59 Å². The van der Waals surface area contributed by atoms with Gasteiger partial charge in [0, 0.05) is 11.1 Å². The summed E-state index contributed by atoms with van der Waals surface area (Å²) < 4.78 is 6.24. The molecule has 0 aliphatic carbocycles. The van der Waals surface area contributed by atoms with Crippen molar-refractivity contribution >= 4 is 34.1 Å². The molecule has 1 heterocycles. The van der Waals surface area contributed by atoms with E-state index < -0.39 is 5.91 Å². The zero-order chi connectivity index (χ0) is 18.0. The molecule has 8 heteroatoms. The fraction of sp³-hybridized carbons (Fsp3) is 0.176. The molecule has 0 aliphatic heterocycles. The van der Waals surface area contributed by atoms with Gasteiger partial charge in [0.15, 0.2) is 0 Å². The average Bonchev–Trinajstić information content (AvgIpc) is 2.60. The number of anilines is 1. The molecular formula is C17H15ClN4O3. The predicted octanol–water partition coefficient (Wildman–Crippen LogP) is 2.40. The first-order chi connectivity index (χ1) is 12.0. The largest absolute Gasteiger partial charge is 0.495 e. The van der Waals surface area contributed by atoms with E-state index in [2.05, 4.69) is 15.6 Å². The molecule has 0 radical (unpaired) electrons. The highest BCUT2D eigenvalue weighted by Crippen LogP contribution is 2.30. The molecule has 0 fully saturated rings. The second-order valence-electron chi connectivity index (χ2n) is 5.42. The predicted molar refractivity (Wildman–Crippen MR) is 95.2 cm³/mol. The zero-order valence-corrected chi connectivity index (χ0v) is 14.4. The van der Waals surface area contributed by atoms with Gasteiger partial charge in [0.25, 0.3) is 5.56 Å². The molecule has 7 nitrogen and oxygen atoms in total. The highest BCUT2D eigenvalue weighted by atomic mass is 35.5. The first kappa shape index (κ1) is 16.9. The first-order valence-electron chi connectivity index (χ1n) is 7.46. The van der Waals surface area contributed by atoms with Gasteiger partial charge in [-0.05, 0) is 30.7 Å². The summed E-state index contributed by atoms with van der Waals surface area (Å²) in [6.07, 6.45) is 0. The van der Waals surface area contributed by atoms with Gasteiger partial charge in [0.1, 0.15) is 17.8 Å². The second kappa shape index (κ2) is 6.90. The van der Waals surface area contributed by atoms with Crippen molar-refractivity contribution < 1.29 is 9.53 Å².